The van der Waals surface area contributed by atoms with Crippen molar-refractivity contribution in [1.82, 2.24) is 0 Å². The zero-order chi connectivity index (χ0) is 13.9. The number of hydrogen-bond acceptors (Lipinski definition) is 3. The van der Waals surface area contributed by atoms with Crippen LogP contribution in [0, 0.1) is 0 Å². The number of carbonyl (C=O) groups is 1. The van der Waals surface area contributed by atoms with Crippen molar-refractivity contribution in [1.29, 1.82) is 0 Å². The summed E-state index contributed by atoms with van der Waals surface area (Å²) in [7, 11) is 1.42. The Bertz CT molecular complexity index is 758. The first-order chi connectivity index (χ1) is 9.79. The molecule has 0 N–H and O–H groups in total. The van der Waals surface area contributed by atoms with Crippen LogP contribution in [0.1, 0.15) is 5.56 Å². The molecule has 3 aromatic rings. The smallest absolute Gasteiger partial charge is 0.309 e. The minimum atomic E-state index is -0.211. The van der Waals surface area contributed by atoms with Gasteiger partial charge in [-0.2, -0.15) is 0 Å². The minimum absolute atomic E-state index is 0.211. The van der Waals surface area contributed by atoms with Crippen LogP contribution >= 0.6 is 11.3 Å². The number of rotatable bonds is 3. The maximum atomic E-state index is 11.5. The van der Waals surface area contributed by atoms with Crippen LogP contribution in [-0.2, 0) is 16.0 Å². The molecule has 0 fully saturated rings. The third-order valence-electron chi connectivity index (χ3n) is 3.35. The lowest BCUT2D eigenvalue weighted by Crippen LogP contribution is -2.05. The highest BCUT2D eigenvalue weighted by molar-refractivity contribution is 7.17. The number of hydrogen-bond donors (Lipinski definition) is 0. The number of methoxy groups -OCH3 is 1. The molecule has 0 aliphatic rings. The number of esters is 1. The quantitative estimate of drug-likeness (QED) is 0.670. The Kier molecular flexibility index (Phi) is 3.52. The molecule has 0 aliphatic heterocycles. The molecule has 0 saturated heterocycles. The Labute approximate surface area is 121 Å². The second kappa shape index (κ2) is 5.47. The van der Waals surface area contributed by atoms with E-state index in [1.54, 1.807) is 11.3 Å². The number of ether oxygens (including phenoxy) is 1. The van der Waals surface area contributed by atoms with Crippen molar-refractivity contribution in [3.05, 3.63) is 59.5 Å². The van der Waals surface area contributed by atoms with E-state index in [0.717, 1.165) is 11.1 Å². The van der Waals surface area contributed by atoms with Crippen molar-refractivity contribution in [2.75, 3.05) is 7.11 Å². The number of thiophene rings is 1. The topological polar surface area (TPSA) is 26.3 Å². The van der Waals surface area contributed by atoms with E-state index in [9.17, 15) is 4.79 Å². The molecule has 0 spiro atoms. The van der Waals surface area contributed by atoms with E-state index in [1.165, 1.54) is 22.8 Å². The second-order valence-electron chi connectivity index (χ2n) is 4.56. The van der Waals surface area contributed by atoms with Gasteiger partial charge in [0.1, 0.15) is 0 Å². The van der Waals surface area contributed by atoms with Gasteiger partial charge in [-0.25, -0.2) is 0 Å². The zero-order valence-electron chi connectivity index (χ0n) is 11.1. The molecule has 0 saturated carbocycles. The molecule has 3 rings (SSSR count). The van der Waals surface area contributed by atoms with E-state index in [-0.39, 0.29) is 5.97 Å². The van der Waals surface area contributed by atoms with Crippen molar-refractivity contribution >= 4 is 27.4 Å². The Morgan fingerprint density at radius 2 is 1.80 bits per heavy atom. The van der Waals surface area contributed by atoms with Gasteiger partial charge in [0.25, 0.3) is 0 Å². The average Bonchev–Trinajstić information content (AvgIpc) is 2.91. The summed E-state index contributed by atoms with van der Waals surface area (Å²) < 4.78 is 6.04. The zero-order valence-corrected chi connectivity index (χ0v) is 11.9. The van der Waals surface area contributed by atoms with Crippen LogP contribution in [-0.4, -0.2) is 13.1 Å². The average molecular weight is 282 g/mol. The normalized spacial score (nSPS) is 10.7. The summed E-state index contributed by atoms with van der Waals surface area (Å²) in [5.41, 5.74) is 3.29. The first-order valence-corrected chi connectivity index (χ1v) is 7.29. The second-order valence-corrected chi connectivity index (χ2v) is 5.47. The van der Waals surface area contributed by atoms with Crippen LogP contribution in [0.15, 0.2) is 53.9 Å². The molecule has 0 unspecified atom stereocenters. The Morgan fingerprint density at radius 1 is 1.05 bits per heavy atom. The monoisotopic (exact) mass is 282 g/mol. The number of fused-ring (bicyclic) bond motifs is 1. The van der Waals surface area contributed by atoms with E-state index < -0.39 is 0 Å². The third kappa shape index (κ3) is 2.32. The summed E-state index contributed by atoms with van der Waals surface area (Å²) in [5.74, 6) is -0.211. The van der Waals surface area contributed by atoms with E-state index in [4.69, 9.17) is 4.74 Å². The highest BCUT2D eigenvalue weighted by atomic mass is 32.1. The number of carbonyl (C=O) groups excluding carboxylic acids is 1. The molecule has 0 bridgehead atoms. The first kappa shape index (κ1) is 12.9. The summed E-state index contributed by atoms with van der Waals surface area (Å²) in [4.78, 5) is 11.5. The van der Waals surface area contributed by atoms with Crippen LogP contribution in [0.4, 0.5) is 0 Å². The van der Waals surface area contributed by atoms with E-state index in [1.807, 2.05) is 30.3 Å². The van der Waals surface area contributed by atoms with Gasteiger partial charge in [-0.15, -0.1) is 11.3 Å². The summed E-state index contributed by atoms with van der Waals surface area (Å²) in [6, 6.07) is 16.3. The van der Waals surface area contributed by atoms with Gasteiger partial charge in [0.2, 0.25) is 0 Å². The van der Waals surface area contributed by atoms with Crippen molar-refractivity contribution in [2.24, 2.45) is 0 Å². The van der Waals surface area contributed by atoms with Crippen LogP contribution in [0.3, 0.4) is 0 Å². The fourth-order valence-corrected chi connectivity index (χ4v) is 3.31. The predicted octanol–water partition coefficient (Wildman–Crippen LogP) is 4.28. The molecule has 2 nitrogen and oxygen atoms in total. The molecule has 0 amide bonds. The summed E-state index contributed by atoms with van der Waals surface area (Å²) in [6.07, 6.45) is 0.302. The first-order valence-electron chi connectivity index (χ1n) is 6.41. The molecule has 0 aliphatic carbocycles. The summed E-state index contributed by atoms with van der Waals surface area (Å²) in [6.45, 7) is 0. The highest BCUT2D eigenvalue weighted by Gasteiger charge is 2.12. The molecule has 20 heavy (non-hydrogen) atoms. The van der Waals surface area contributed by atoms with Crippen LogP contribution in [0.5, 0.6) is 0 Å². The Balaban J connectivity index is 2.12. The van der Waals surface area contributed by atoms with Gasteiger partial charge in [0.15, 0.2) is 0 Å². The van der Waals surface area contributed by atoms with Crippen molar-refractivity contribution in [2.45, 2.75) is 6.42 Å². The maximum Gasteiger partial charge on any atom is 0.309 e. The van der Waals surface area contributed by atoms with Gasteiger partial charge in [-0.3, -0.25) is 4.79 Å². The molecule has 1 heterocycles. The highest BCUT2D eigenvalue weighted by Crippen LogP contribution is 2.35. The predicted molar refractivity (Wildman–Crippen MR) is 83.0 cm³/mol. The van der Waals surface area contributed by atoms with Crippen LogP contribution in [0.25, 0.3) is 21.2 Å². The summed E-state index contributed by atoms with van der Waals surface area (Å²) >= 11 is 1.73. The van der Waals surface area contributed by atoms with Gasteiger partial charge < -0.3 is 4.74 Å². The van der Waals surface area contributed by atoms with Crippen molar-refractivity contribution < 1.29 is 9.53 Å². The molecule has 3 heteroatoms. The van der Waals surface area contributed by atoms with Gasteiger partial charge >= 0.3 is 5.97 Å². The molecule has 0 radical (unpaired) electrons. The van der Waals surface area contributed by atoms with Crippen molar-refractivity contribution in [3.63, 3.8) is 0 Å². The summed E-state index contributed by atoms with van der Waals surface area (Å²) in [5, 5.41) is 3.38. The SMILES string of the molecule is COC(=O)Cc1ccccc1-c1csc2ccccc12. The lowest BCUT2D eigenvalue weighted by molar-refractivity contribution is -0.139. The fourth-order valence-electron chi connectivity index (χ4n) is 2.35. The molecule has 1 aromatic heterocycles. The van der Waals surface area contributed by atoms with Gasteiger partial charge in [-0.05, 0) is 22.6 Å². The van der Waals surface area contributed by atoms with Crippen LogP contribution < -0.4 is 0 Å². The third-order valence-corrected chi connectivity index (χ3v) is 4.31. The maximum absolute atomic E-state index is 11.5. The molecule has 100 valence electrons. The van der Waals surface area contributed by atoms with E-state index in [2.05, 4.69) is 23.6 Å². The van der Waals surface area contributed by atoms with Gasteiger partial charge in [0.05, 0.1) is 13.5 Å². The molecular weight excluding hydrogens is 268 g/mol. The van der Waals surface area contributed by atoms with E-state index in [0.29, 0.717) is 6.42 Å². The Morgan fingerprint density at radius 3 is 2.65 bits per heavy atom. The Hall–Kier alpha value is -2.13. The molecule has 2 aromatic carbocycles. The minimum Gasteiger partial charge on any atom is -0.469 e. The molecular formula is C17H14O2S. The van der Waals surface area contributed by atoms with Crippen LogP contribution in [0.2, 0.25) is 0 Å². The standard InChI is InChI=1S/C17H14O2S/c1-19-17(18)10-12-6-2-3-7-13(12)15-11-20-16-9-5-4-8-14(15)16/h2-9,11H,10H2,1H3. The molecule has 0 atom stereocenters. The van der Waals surface area contributed by atoms with Gasteiger partial charge in [0, 0.05) is 15.6 Å². The fraction of sp³-hybridized carbons (Fsp3) is 0.118. The van der Waals surface area contributed by atoms with E-state index >= 15 is 0 Å². The largest absolute Gasteiger partial charge is 0.469 e. The van der Waals surface area contributed by atoms with Gasteiger partial charge in [-0.1, -0.05) is 42.5 Å². The lowest BCUT2D eigenvalue weighted by atomic mass is 9.97. The lowest BCUT2D eigenvalue weighted by Gasteiger charge is -2.08. The van der Waals surface area contributed by atoms with Crippen molar-refractivity contribution in [3.8, 4) is 11.1 Å². The number of benzene rings is 2.